The summed E-state index contributed by atoms with van der Waals surface area (Å²) in [5.41, 5.74) is 3.00. The van der Waals surface area contributed by atoms with Crippen LogP contribution in [0.25, 0.3) is 6.08 Å². The molecular formula is C19H19Cl2SZr. The van der Waals surface area contributed by atoms with Gasteiger partial charge >= 0.3 is 91.0 Å². The average molecular weight is 442 g/mol. The predicted molar refractivity (Wildman–Crippen MR) is 92.0 cm³/mol. The molecule has 4 heteroatoms. The summed E-state index contributed by atoms with van der Waals surface area (Å²) in [6.45, 7) is 4.56. The molecule has 0 N–H and O–H groups in total. The maximum absolute atomic E-state index is 2.39. The molecule has 119 valence electrons. The van der Waals surface area contributed by atoms with Gasteiger partial charge in [-0.2, -0.15) is 0 Å². The molecule has 0 saturated carbocycles. The second-order valence-corrected chi connectivity index (χ2v) is 11.2. The zero-order chi connectivity index (χ0) is 14.7. The normalized spacial score (nSPS) is 21.0. The SMILES string of the molecule is C1=CC2C=CSC2=C1.C[C](C)=[Zr+2][CH]1C=Cc2ccccc21.[Cl-].[Cl-]. The Morgan fingerprint density at radius 1 is 1.04 bits per heavy atom. The third-order valence-corrected chi connectivity index (χ3v) is 8.04. The summed E-state index contributed by atoms with van der Waals surface area (Å²) in [6.07, 6.45) is 13.4. The molecule has 0 saturated heterocycles. The van der Waals surface area contributed by atoms with Gasteiger partial charge in [0.05, 0.1) is 0 Å². The Bertz CT molecular complexity index is 682. The van der Waals surface area contributed by atoms with Crippen molar-refractivity contribution in [3.05, 3.63) is 76.1 Å². The Hall–Kier alpha value is -0.137. The fraction of sp³-hybridized carbons (Fsp3) is 0.211. The number of fused-ring (bicyclic) bond motifs is 2. The quantitative estimate of drug-likeness (QED) is 0.560. The minimum absolute atomic E-state index is 0. The summed E-state index contributed by atoms with van der Waals surface area (Å²) >= 11 is 1.50. The molecule has 2 atom stereocenters. The van der Waals surface area contributed by atoms with E-state index in [4.69, 9.17) is 0 Å². The van der Waals surface area contributed by atoms with Crippen molar-refractivity contribution in [3.8, 4) is 0 Å². The maximum atomic E-state index is 2.39. The van der Waals surface area contributed by atoms with Crippen molar-refractivity contribution in [3.63, 3.8) is 0 Å². The number of hydrogen-bond acceptors (Lipinski definition) is 1. The van der Waals surface area contributed by atoms with Crippen molar-refractivity contribution in [1.82, 2.24) is 0 Å². The van der Waals surface area contributed by atoms with Crippen molar-refractivity contribution in [2.75, 3.05) is 0 Å². The van der Waals surface area contributed by atoms with Crippen LogP contribution >= 0.6 is 11.8 Å². The molecule has 23 heavy (non-hydrogen) atoms. The van der Waals surface area contributed by atoms with Crippen LogP contribution in [0.4, 0.5) is 0 Å². The summed E-state index contributed by atoms with van der Waals surface area (Å²) < 4.78 is 2.47. The van der Waals surface area contributed by atoms with Crippen molar-refractivity contribution < 1.29 is 47.6 Å². The van der Waals surface area contributed by atoms with E-state index in [1.807, 2.05) is 11.8 Å². The first-order valence-electron chi connectivity index (χ1n) is 7.29. The number of rotatable bonds is 1. The molecular weight excluding hydrogens is 422 g/mol. The van der Waals surface area contributed by atoms with Gasteiger partial charge in [0.15, 0.2) is 0 Å². The first-order valence-corrected chi connectivity index (χ1v) is 10.8. The number of thioether (sulfide) groups is 1. The van der Waals surface area contributed by atoms with E-state index in [1.54, 1.807) is 8.77 Å². The number of allylic oxidation sites excluding steroid dienone is 6. The molecule has 0 amide bonds. The topological polar surface area (TPSA) is 0 Å². The molecule has 2 aliphatic carbocycles. The monoisotopic (exact) mass is 439 g/mol. The Labute approximate surface area is 167 Å². The van der Waals surface area contributed by atoms with E-state index in [9.17, 15) is 0 Å². The molecule has 1 aromatic carbocycles. The van der Waals surface area contributed by atoms with E-state index in [-0.39, 0.29) is 47.6 Å². The molecule has 0 spiro atoms. The second-order valence-electron chi connectivity index (χ2n) is 5.54. The van der Waals surface area contributed by atoms with Gasteiger partial charge in [0.1, 0.15) is 0 Å². The van der Waals surface area contributed by atoms with Crippen LogP contribution in [0.5, 0.6) is 0 Å². The third kappa shape index (κ3) is 5.43. The molecule has 0 fully saturated rings. The van der Waals surface area contributed by atoms with Crippen molar-refractivity contribution >= 4 is 21.0 Å². The number of benzene rings is 1. The molecule has 1 aliphatic heterocycles. The van der Waals surface area contributed by atoms with E-state index in [0.717, 1.165) is 3.63 Å². The van der Waals surface area contributed by atoms with E-state index in [0.29, 0.717) is 5.92 Å². The molecule has 0 aromatic heterocycles. The first-order chi connectivity index (χ1) is 10.2. The van der Waals surface area contributed by atoms with Gasteiger partial charge in [-0.25, -0.2) is 0 Å². The standard InChI is InChI=1S/C9H7.C7H6S.C3H6.2ClH.Zr/c1-2-5-9-7-3-6-8(9)4-1;1-2-6-4-5-8-7(6)3-1;1-3-2;;;/h1-7H;1-6H;1-2H3;2*1H;/q;;;;;+2/p-2. The maximum Gasteiger partial charge on any atom is -1.00 e. The minimum atomic E-state index is -0.335. The van der Waals surface area contributed by atoms with Crippen LogP contribution < -0.4 is 24.8 Å². The Morgan fingerprint density at radius 2 is 1.83 bits per heavy atom. The van der Waals surface area contributed by atoms with Crippen molar-refractivity contribution in [2.24, 2.45) is 5.92 Å². The predicted octanol–water partition coefficient (Wildman–Crippen LogP) is -0.626. The zero-order valence-corrected chi connectivity index (χ0v) is 18.0. The van der Waals surface area contributed by atoms with E-state index in [1.165, 1.54) is 10.5 Å². The molecule has 3 aliphatic rings. The van der Waals surface area contributed by atoms with Crippen LogP contribution in [-0.4, -0.2) is 3.21 Å². The van der Waals surface area contributed by atoms with Gasteiger partial charge in [-0.15, -0.1) is 11.8 Å². The molecule has 0 bridgehead atoms. The summed E-state index contributed by atoms with van der Waals surface area (Å²) in [5.74, 6) is 0.639. The fourth-order valence-electron chi connectivity index (χ4n) is 2.64. The van der Waals surface area contributed by atoms with Crippen molar-refractivity contribution in [2.45, 2.75) is 17.5 Å². The van der Waals surface area contributed by atoms with Crippen LogP contribution in [0, 0.1) is 5.92 Å². The number of halogens is 2. The molecule has 2 unspecified atom stereocenters. The molecule has 1 heterocycles. The summed E-state index contributed by atoms with van der Waals surface area (Å²) in [5, 5.41) is 2.15. The van der Waals surface area contributed by atoms with Gasteiger partial charge in [0.2, 0.25) is 0 Å². The van der Waals surface area contributed by atoms with Crippen LogP contribution in [0.1, 0.15) is 28.6 Å². The largest absolute Gasteiger partial charge is 1.00 e. The third-order valence-electron chi connectivity index (χ3n) is 3.64. The van der Waals surface area contributed by atoms with Gasteiger partial charge in [0.25, 0.3) is 0 Å². The van der Waals surface area contributed by atoms with Crippen LogP contribution in [0.15, 0.2) is 65.0 Å². The fourth-order valence-corrected chi connectivity index (χ4v) is 6.55. The van der Waals surface area contributed by atoms with E-state index >= 15 is 0 Å². The summed E-state index contributed by atoms with van der Waals surface area (Å²) in [6, 6.07) is 8.78. The minimum Gasteiger partial charge on any atom is -1.00 e. The summed E-state index contributed by atoms with van der Waals surface area (Å²) in [7, 11) is 0. The molecule has 1 aromatic rings. The van der Waals surface area contributed by atoms with E-state index < -0.39 is 0 Å². The van der Waals surface area contributed by atoms with Gasteiger partial charge in [-0.3, -0.25) is 0 Å². The molecule has 0 nitrogen and oxygen atoms in total. The Kier molecular flexibility index (Phi) is 9.08. The average Bonchev–Trinajstić information content (AvgIpc) is 3.14. The Balaban J connectivity index is 0.000000230. The van der Waals surface area contributed by atoms with Crippen LogP contribution in [-0.2, 0) is 22.8 Å². The zero-order valence-electron chi connectivity index (χ0n) is 13.2. The molecule has 4 rings (SSSR count). The number of hydrogen-bond donors (Lipinski definition) is 0. The molecule has 0 radical (unpaired) electrons. The first kappa shape index (κ1) is 20.9. The Morgan fingerprint density at radius 3 is 2.57 bits per heavy atom. The van der Waals surface area contributed by atoms with Gasteiger partial charge in [0, 0.05) is 5.92 Å². The van der Waals surface area contributed by atoms with E-state index in [2.05, 4.69) is 80.0 Å². The van der Waals surface area contributed by atoms with Crippen LogP contribution in [0.3, 0.4) is 0 Å². The van der Waals surface area contributed by atoms with Crippen LogP contribution in [0.2, 0.25) is 0 Å². The van der Waals surface area contributed by atoms with Gasteiger partial charge in [-0.1, -0.05) is 24.3 Å². The van der Waals surface area contributed by atoms with Crippen molar-refractivity contribution in [1.29, 1.82) is 0 Å². The van der Waals surface area contributed by atoms with Gasteiger partial charge in [-0.05, 0) is 10.3 Å². The van der Waals surface area contributed by atoms with Gasteiger partial charge < -0.3 is 24.8 Å². The summed E-state index contributed by atoms with van der Waals surface area (Å²) in [4.78, 5) is 1.48. The smallest absolute Gasteiger partial charge is 1.00 e. The second kappa shape index (κ2) is 9.99.